The molecule has 0 radical (unpaired) electrons. The molecule has 0 N–H and O–H groups in total. The van der Waals surface area contributed by atoms with Crippen LogP contribution < -0.4 is 0 Å². The van der Waals surface area contributed by atoms with Crippen molar-refractivity contribution in [1.82, 2.24) is 29.7 Å². The van der Waals surface area contributed by atoms with Crippen LogP contribution in [0.1, 0.15) is 28.9 Å². The Balaban J connectivity index is 1.51. The maximum Gasteiger partial charge on any atom is 0.276 e. The van der Waals surface area contributed by atoms with E-state index in [1.807, 2.05) is 53.0 Å². The number of likely N-dealkylation sites (tertiary alicyclic amines) is 1. The Hall–Kier alpha value is -2.96. The molecule has 1 aliphatic rings. The van der Waals surface area contributed by atoms with E-state index in [9.17, 15) is 4.79 Å². The first-order chi connectivity index (χ1) is 12.2. The van der Waals surface area contributed by atoms with Crippen LogP contribution in [0.3, 0.4) is 0 Å². The Morgan fingerprint density at radius 1 is 1.28 bits per heavy atom. The van der Waals surface area contributed by atoms with Gasteiger partial charge < -0.3 is 4.90 Å². The second kappa shape index (κ2) is 6.51. The zero-order chi connectivity index (χ0) is 17.2. The second-order valence-electron chi connectivity index (χ2n) is 6.41. The van der Waals surface area contributed by atoms with E-state index >= 15 is 0 Å². The third-order valence-electron chi connectivity index (χ3n) is 4.61. The number of aromatic nitrogens is 5. The van der Waals surface area contributed by atoms with Crippen LogP contribution in [0.4, 0.5) is 0 Å². The molecule has 1 aliphatic heterocycles. The van der Waals surface area contributed by atoms with E-state index < -0.39 is 0 Å². The molecule has 0 saturated carbocycles. The third-order valence-corrected chi connectivity index (χ3v) is 4.61. The molecule has 1 fully saturated rings. The summed E-state index contributed by atoms with van der Waals surface area (Å²) in [6, 6.07) is 10.0. The van der Waals surface area contributed by atoms with Crippen molar-refractivity contribution in [3.8, 4) is 5.69 Å². The molecule has 1 atom stereocenters. The van der Waals surface area contributed by atoms with Gasteiger partial charge in [0.05, 0.1) is 24.5 Å². The number of carbonyl (C=O) groups excluding carboxylic acids is 1. The van der Waals surface area contributed by atoms with Gasteiger partial charge in [0.1, 0.15) is 0 Å². The summed E-state index contributed by atoms with van der Waals surface area (Å²) in [5.74, 6) is -0.0620. The number of amides is 1. The molecule has 4 rings (SSSR count). The van der Waals surface area contributed by atoms with E-state index in [1.54, 1.807) is 17.1 Å². The van der Waals surface area contributed by atoms with Crippen molar-refractivity contribution in [2.45, 2.75) is 32.4 Å². The molecule has 7 nitrogen and oxygen atoms in total. The van der Waals surface area contributed by atoms with Gasteiger partial charge in [0.2, 0.25) is 0 Å². The predicted octanol–water partition coefficient (Wildman–Crippen LogP) is 2.08. The number of nitrogens with zero attached hydrogens (tertiary/aromatic N) is 6. The molecule has 0 aliphatic carbocycles. The minimum Gasteiger partial charge on any atom is -0.332 e. The van der Waals surface area contributed by atoms with Crippen LogP contribution in [0.15, 0.2) is 48.9 Å². The van der Waals surface area contributed by atoms with Crippen LogP contribution in [0.5, 0.6) is 0 Å². The van der Waals surface area contributed by atoms with Crippen LogP contribution in [0.25, 0.3) is 5.69 Å². The van der Waals surface area contributed by atoms with Gasteiger partial charge in [-0.3, -0.25) is 9.48 Å². The first kappa shape index (κ1) is 15.6. The highest BCUT2D eigenvalue weighted by Gasteiger charge is 2.31. The largest absolute Gasteiger partial charge is 0.332 e. The van der Waals surface area contributed by atoms with Crippen molar-refractivity contribution >= 4 is 5.91 Å². The SMILES string of the molecule is Cc1ccc(-n2cc(C(=O)N3CCCC3Cn3cccn3)nn2)cc1. The van der Waals surface area contributed by atoms with Crippen LogP contribution >= 0.6 is 0 Å². The number of aryl methyl sites for hydroxylation is 1. The van der Waals surface area contributed by atoms with E-state index in [0.717, 1.165) is 25.1 Å². The van der Waals surface area contributed by atoms with Gasteiger partial charge in [-0.25, -0.2) is 4.68 Å². The van der Waals surface area contributed by atoms with Gasteiger partial charge in [-0.05, 0) is 38.0 Å². The zero-order valence-corrected chi connectivity index (χ0v) is 14.1. The number of carbonyl (C=O) groups is 1. The molecule has 3 aromatic rings. The quantitative estimate of drug-likeness (QED) is 0.731. The molecule has 2 aromatic heterocycles. The van der Waals surface area contributed by atoms with Gasteiger partial charge >= 0.3 is 0 Å². The van der Waals surface area contributed by atoms with Gasteiger partial charge in [0.25, 0.3) is 5.91 Å². The molecule has 1 unspecified atom stereocenters. The molecule has 1 amide bonds. The summed E-state index contributed by atoms with van der Waals surface area (Å²) < 4.78 is 3.52. The van der Waals surface area contributed by atoms with E-state index in [-0.39, 0.29) is 11.9 Å². The lowest BCUT2D eigenvalue weighted by molar-refractivity contribution is 0.0715. The lowest BCUT2D eigenvalue weighted by Crippen LogP contribution is -2.38. The van der Waals surface area contributed by atoms with E-state index in [1.165, 1.54) is 5.56 Å². The van der Waals surface area contributed by atoms with Gasteiger partial charge in [-0.1, -0.05) is 22.9 Å². The average molecular weight is 336 g/mol. The Labute approximate surface area is 145 Å². The van der Waals surface area contributed by atoms with Gasteiger partial charge in [-0.15, -0.1) is 5.10 Å². The molecule has 25 heavy (non-hydrogen) atoms. The minimum atomic E-state index is -0.0620. The number of hydrogen-bond acceptors (Lipinski definition) is 4. The lowest BCUT2D eigenvalue weighted by atomic mass is 10.2. The Bertz CT molecular complexity index is 852. The monoisotopic (exact) mass is 336 g/mol. The van der Waals surface area contributed by atoms with E-state index in [2.05, 4.69) is 15.4 Å². The summed E-state index contributed by atoms with van der Waals surface area (Å²) in [5.41, 5.74) is 2.46. The molecular weight excluding hydrogens is 316 g/mol. The predicted molar refractivity (Wildman–Crippen MR) is 92.4 cm³/mol. The normalized spacial score (nSPS) is 17.2. The smallest absolute Gasteiger partial charge is 0.276 e. The fourth-order valence-electron chi connectivity index (χ4n) is 3.25. The number of rotatable bonds is 4. The van der Waals surface area contributed by atoms with E-state index in [4.69, 9.17) is 0 Å². The average Bonchev–Trinajstić information content (AvgIpc) is 3.37. The minimum absolute atomic E-state index is 0.0620. The molecule has 3 heterocycles. The lowest BCUT2D eigenvalue weighted by Gasteiger charge is -2.23. The maximum atomic E-state index is 12.9. The summed E-state index contributed by atoms with van der Waals surface area (Å²) in [6.07, 6.45) is 7.38. The van der Waals surface area contributed by atoms with Crippen molar-refractivity contribution in [1.29, 1.82) is 0 Å². The molecule has 1 aromatic carbocycles. The fourth-order valence-corrected chi connectivity index (χ4v) is 3.25. The van der Waals surface area contributed by atoms with Gasteiger partial charge in [-0.2, -0.15) is 5.10 Å². The molecule has 1 saturated heterocycles. The van der Waals surface area contributed by atoms with Crippen molar-refractivity contribution in [3.63, 3.8) is 0 Å². The number of hydrogen-bond donors (Lipinski definition) is 0. The second-order valence-corrected chi connectivity index (χ2v) is 6.41. The van der Waals surface area contributed by atoms with Crippen molar-refractivity contribution in [2.75, 3.05) is 6.54 Å². The highest BCUT2D eigenvalue weighted by Crippen LogP contribution is 2.21. The molecule has 0 bridgehead atoms. The Kier molecular flexibility index (Phi) is 4.05. The Morgan fingerprint density at radius 3 is 2.88 bits per heavy atom. The summed E-state index contributed by atoms with van der Waals surface area (Å²) in [7, 11) is 0. The highest BCUT2D eigenvalue weighted by molar-refractivity contribution is 5.92. The van der Waals surface area contributed by atoms with Crippen molar-refractivity contribution in [2.24, 2.45) is 0 Å². The van der Waals surface area contributed by atoms with Crippen molar-refractivity contribution in [3.05, 3.63) is 60.2 Å². The van der Waals surface area contributed by atoms with Gasteiger partial charge in [0, 0.05) is 18.9 Å². The highest BCUT2D eigenvalue weighted by atomic mass is 16.2. The Morgan fingerprint density at radius 2 is 2.12 bits per heavy atom. The summed E-state index contributed by atoms with van der Waals surface area (Å²) >= 11 is 0. The molecular formula is C18H20N6O. The maximum absolute atomic E-state index is 12.9. The molecule has 7 heteroatoms. The molecule has 128 valence electrons. The van der Waals surface area contributed by atoms with Crippen LogP contribution in [-0.2, 0) is 6.54 Å². The standard InChI is InChI=1S/C18H20N6O/c1-14-5-7-15(8-6-14)24-13-17(20-21-24)18(25)23-11-2-4-16(23)12-22-10-3-9-19-22/h3,5-10,13,16H,2,4,11-12H2,1H3. The number of benzene rings is 1. The summed E-state index contributed by atoms with van der Waals surface area (Å²) in [6.45, 7) is 3.50. The first-order valence-corrected chi connectivity index (χ1v) is 8.48. The van der Waals surface area contributed by atoms with Crippen molar-refractivity contribution < 1.29 is 4.79 Å². The van der Waals surface area contributed by atoms with Crippen LogP contribution in [0, 0.1) is 6.92 Å². The van der Waals surface area contributed by atoms with Crippen LogP contribution in [0.2, 0.25) is 0 Å². The fraction of sp³-hybridized carbons (Fsp3) is 0.333. The first-order valence-electron chi connectivity index (χ1n) is 8.48. The summed E-state index contributed by atoms with van der Waals surface area (Å²) in [5, 5.41) is 12.4. The zero-order valence-electron chi connectivity index (χ0n) is 14.1. The third kappa shape index (κ3) is 3.17. The topological polar surface area (TPSA) is 68.8 Å². The van der Waals surface area contributed by atoms with Crippen LogP contribution in [-0.4, -0.2) is 48.2 Å². The van der Waals surface area contributed by atoms with Gasteiger partial charge in [0.15, 0.2) is 5.69 Å². The molecule has 0 spiro atoms. The summed E-state index contributed by atoms with van der Waals surface area (Å²) in [4.78, 5) is 14.8. The van der Waals surface area contributed by atoms with E-state index in [0.29, 0.717) is 12.2 Å².